The summed E-state index contributed by atoms with van der Waals surface area (Å²) in [5.41, 5.74) is 6.73. The maximum Gasteiger partial charge on any atom is 0.237 e. The number of nitrogens with zero attached hydrogens (tertiary/aromatic N) is 3. The molecule has 0 atom stereocenters. The molecule has 0 aromatic heterocycles. The largest absolute Gasteiger partial charge is 0.276 e. The molecule has 1 N–H and O–H groups in total. The molecule has 4 nitrogen and oxygen atoms in total. The Kier molecular flexibility index (Phi) is 4.00. The molecule has 128 valence electrons. The van der Waals surface area contributed by atoms with Gasteiger partial charge in [-0.1, -0.05) is 19.1 Å². The van der Waals surface area contributed by atoms with Crippen LogP contribution in [0.15, 0.2) is 23.3 Å². The van der Waals surface area contributed by atoms with Gasteiger partial charge in [0, 0.05) is 0 Å². The third kappa shape index (κ3) is 2.81. The van der Waals surface area contributed by atoms with Gasteiger partial charge in [0.05, 0.1) is 5.69 Å². The Morgan fingerprint density at radius 2 is 1.72 bits per heavy atom. The SMILES string of the molecule is CCc1ccc(C23CC4CC(CC(C4)C2)C3)cc1NN=C(C#N)C#N. The summed E-state index contributed by atoms with van der Waals surface area (Å²) in [5.74, 6) is 2.74. The number of rotatable bonds is 4. The van der Waals surface area contributed by atoms with Crippen molar-refractivity contribution in [1.29, 1.82) is 10.5 Å². The Bertz CT molecular complexity index is 742. The monoisotopic (exact) mass is 332 g/mol. The van der Waals surface area contributed by atoms with Gasteiger partial charge in [-0.05, 0) is 85.3 Å². The molecule has 4 heteroatoms. The number of hydrogen-bond acceptors (Lipinski definition) is 4. The minimum atomic E-state index is -0.137. The van der Waals surface area contributed by atoms with Gasteiger partial charge in [0.1, 0.15) is 12.1 Å². The zero-order valence-electron chi connectivity index (χ0n) is 14.8. The lowest BCUT2D eigenvalue weighted by Crippen LogP contribution is -2.48. The summed E-state index contributed by atoms with van der Waals surface area (Å²) in [4.78, 5) is 0. The summed E-state index contributed by atoms with van der Waals surface area (Å²) in [7, 11) is 0. The molecule has 0 unspecified atom stereocenters. The molecule has 0 aliphatic heterocycles. The van der Waals surface area contributed by atoms with Crippen molar-refractivity contribution in [3.63, 3.8) is 0 Å². The topological polar surface area (TPSA) is 72.0 Å². The van der Waals surface area contributed by atoms with Gasteiger partial charge in [0.2, 0.25) is 5.71 Å². The predicted octanol–water partition coefficient (Wildman–Crippen LogP) is 4.53. The standard InChI is InChI=1S/C21H24N4/c1-2-17-3-4-18(8-20(17)25-24-19(12-22)13-23)21-9-14-5-15(10-21)7-16(6-14)11-21/h3-4,8,14-16,25H,2,5-7,9-11H2,1H3. The predicted molar refractivity (Wildman–Crippen MR) is 98.0 cm³/mol. The quantitative estimate of drug-likeness (QED) is 0.650. The molecule has 0 amide bonds. The highest BCUT2D eigenvalue weighted by atomic mass is 15.3. The maximum atomic E-state index is 8.90. The molecule has 4 fully saturated rings. The van der Waals surface area contributed by atoms with Crippen molar-refractivity contribution in [2.75, 3.05) is 5.43 Å². The van der Waals surface area contributed by atoms with E-state index in [4.69, 9.17) is 10.5 Å². The van der Waals surface area contributed by atoms with Crippen LogP contribution in [0.1, 0.15) is 56.6 Å². The normalized spacial score (nSPS) is 31.9. The molecule has 25 heavy (non-hydrogen) atoms. The summed E-state index contributed by atoms with van der Waals surface area (Å²) in [6.07, 6.45) is 9.20. The second-order valence-electron chi connectivity index (χ2n) is 8.22. The van der Waals surface area contributed by atoms with Crippen molar-refractivity contribution in [1.82, 2.24) is 0 Å². The number of hydrazone groups is 1. The average molecular weight is 332 g/mol. The summed E-state index contributed by atoms with van der Waals surface area (Å²) < 4.78 is 0. The van der Waals surface area contributed by atoms with Crippen molar-refractivity contribution in [3.8, 4) is 12.1 Å². The molecule has 4 saturated carbocycles. The van der Waals surface area contributed by atoms with Crippen LogP contribution >= 0.6 is 0 Å². The van der Waals surface area contributed by atoms with Gasteiger partial charge in [0.25, 0.3) is 0 Å². The molecule has 5 rings (SSSR count). The van der Waals surface area contributed by atoms with E-state index >= 15 is 0 Å². The molecule has 1 aromatic rings. The van der Waals surface area contributed by atoms with Crippen LogP contribution in [-0.4, -0.2) is 5.71 Å². The van der Waals surface area contributed by atoms with E-state index in [1.165, 1.54) is 49.7 Å². The van der Waals surface area contributed by atoms with Crippen molar-refractivity contribution >= 4 is 11.4 Å². The Labute approximate surface area is 149 Å². The number of hydrogen-bond donors (Lipinski definition) is 1. The van der Waals surface area contributed by atoms with E-state index in [9.17, 15) is 0 Å². The second kappa shape index (κ2) is 6.19. The molecule has 1 aromatic carbocycles. The Morgan fingerprint density at radius 1 is 1.12 bits per heavy atom. The summed E-state index contributed by atoms with van der Waals surface area (Å²) in [6, 6.07) is 10.4. The zero-order chi connectivity index (χ0) is 17.4. The van der Waals surface area contributed by atoms with Crippen LogP contribution in [-0.2, 0) is 11.8 Å². The highest BCUT2D eigenvalue weighted by molar-refractivity contribution is 6.10. The van der Waals surface area contributed by atoms with Crippen molar-refractivity contribution in [2.45, 2.75) is 57.3 Å². The fourth-order valence-corrected chi connectivity index (χ4v) is 5.97. The Balaban J connectivity index is 1.67. The van der Waals surface area contributed by atoms with E-state index < -0.39 is 0 Å². The van der Waals surface area contributed by atoms with E-state index in [0.717, 1.165) is 29.9 Å². The van der Waals surface area contributed by atoms with Gasteiger partial charge >= 0.3 is 0 Å². The molecule has 0 radical (unpaired) electrons. The highest BCUT2D eigenvalue weighted by Crippen LogP contribution is 2.60. The van der Waals surface area contributed by atoms with Crippen LogP contribution < -0.4 is 5.43 Å². The summed E-state index contributed by atoms with van der Waals surface area (Å²) in [6.45, 7) is 2.12. The van der Waals surface area contributed by atoms with Crippen LogP contribution in [0.5, 0.6) is 0 Å². The van der Waals surface area contributed by atoms with Crippen LogP contribution in [0, 0.1) is 40.4 Å². The van der Waals surface area contributed by atoms with Gasteiger partial charge in [-0.2, -0.15) is 15.6 Å². The smallest absolute Gasteiger partial charge is 0.237 e. The number of benzene rings is 1. The van der Waals surface area contributed by atoms with Crippen molar-refractivity contribution < 1.29 is 0 Å². The number of anilines is 1. The van der Waals surface area contributed by atoms with E-state index in [0.29, 0.717) is 5.41 Å². The summed E-state index contributed by atoms with van der Waals surface area (Å²) in [5, 5.41) is 21.8. The first-order chi connectivity index (χ1) is 12.2. The Hall–Kier alpha value is -2.33. The first-order valence-corrected chi connectivity index (χ1v) is 9.43. The molecule has 0 heterocycles. The molecule has 4 bridgehead atoms. The third-order valence-corrected chi connectivity index (χ3v) is 6.64. The van der Waals surface area contributed by atoms with Crippen LogP contribution in [0.2, 0.25) is 0 Å². The Morgan fingerprint density at radius 3 is 2.24 bits per heavy atom. The number of aryl methyl sites for hydroxylation is 1. The van der Waals surface area contributed by atoms with Crippen LogP contribution in [0.25, 0.3) is 0 Å². The highest BCUT2D eigenvalue weighted by Gasteiger charge is 2.51. The molecule has 0 saturated heterocycles. The van der Waals surface area contributed by atoms with Crippen LogP contribution in [0.4, 0.5) is 5.69 Å². The zero-order valence-corrected chi connectivity index (χ0v) is 14.8. The third-order valence-electron chi connectivity index (χ3n) is 6.64. The number of nitrogens with one attached hydrogen (secondary N) is 1. The number of nitriles is 2. The van der Waals surface area contributed by atoms with E-state index in [-0.39, 0.29) is 5.71 Å². The minimum absolute atomic E-state index is 0.137. The van der Waals surface area contributed by atoms with Gasteiger partial charge < -0.3 is 0 Å². The lowest BCUT2D eigenvalue weighted by molar-refractivity contribution is -0.00517. The van der Waals surface area contributed by atoms with Gasteiger partial charge in [-0.3, -0.25) is 5.43 Å². The molecule has 4 aliphatic carbocycles. The molecule has 4 aliphatic rings. The average Bonchev–Trinajstić information content (AvgIpc) is 2.61. The van der Waals surface area contributed by atoms with Crippen molar-refractivity contribution in [2.24, 2.45) is 22.9 Å². The lowest BCUT2D eigenvalue weighted by atomic mass is 9.48. The minimum Gasteiger partial charge on any atom is -0.276 e. The fraction of sp³-hybridized carbons (Fsp3) is 0.571. The van der Waals surface area contributed by atoms with Crippen LogP contribution in [0.3, 0.4) is 0 Å². The van der Waals surface area contributed by atoms with Crippen molar-refractivity contribution in [3.05, 3.63) is 29.3 Å². The molecule has 0 spiro atoms. The van der Waals surface area contributed by atoms with Gasteiger partial charge in [-0.15, -0.1) is 0 Å². The van der Waals surface area contributed by atoms with Gasteiger partial charge in [-0.25, -0.2) is 0 Å². The first-order valence-electron chi connectivity index (χ1n) is 9.43. The first kappa shape index (κ1) is 16.2. The molecular formula is C21H24N4. The molecular weight excluding hydrogens is 308 g/mol. The lowest BCUT2D eigenvalue weighted by Gasteiger charge is -2.57. The van der Waals surface area contributed by atoms with E-state index in [1.807, 2.05) is 12.1 Å². The second-order valence-corrected chi connectivity index (χ2v) is 8.22. The maximum absolute atomic E-state index is 8.90. The fourth-order valence-electron chi connectivity index (χ4n) is 5.97. The van der Waals surface area contributed by atoms with E-state index in [1.54, 1.807) is 0 Å². The summed E-state index contributed by atoms with van der Waals surface area (Å²) >= 11 is 0. The van der Waals surface area contributed by atoms with E-state index in [2.05, 4.69) is 35.7 Å². The van der Waals surface area contributed by atoms with Gasteiger partial charge in [0.15, 0.2) is 0 Å².